The first kappa shape index (κ1) is 21.1. The van der Waals surface area contributed by atoms with Gasteiger partial charge in [0.05, 0.1) is 11.7 Å². The number of carbonyl (C=O) groups excluding carboxylic acids is 2. The Morgan fingerprint density at radius 3 is 2.33 bits per heavy atom. The molecule has 0 saturated heterocycles. The van der Waals surface area contributed by atoms with Crippen molar-refractivity contribution in [3.05, 3.63) is 69.2 Å². The molecule has 2 rings (SSSR count). The highest BCUT2D eigenvalue weighted by atomic mass is 35.5. The highest BCUT2D eigenvalue weighted by Gasteiger charge is 2.14. The molecule has 0 bridgehead atoms. The van der Waals surface area contributed by atoms with Crippen LogP contribution in [0.25, 0.3) is 0 Å². The smallest absolute Gasteiger partial charge is 0.254 e. The second-order valence-corrected chi connectivity index (χ2v) is 6.53. The van der Waals surface area contributed by atoms with Gasteiger partial charge in [-0.05, 0) is 35.9 Å². The van der Waals surface area contributed by atoms with Crippen LogP contribution in [0.5, 0.6) is 0 Å². The van der Waals surface area contributed by atoms with Gasteiger partial charge < -0.3 is 15.7 Å². The first-order valence-corrected chi connectivity index (χ1v) is 8.66. The number of aliphatic hydroxyl groups excluding tert-OH is 1. The van der Waals surface area contributed by atoms with E-state index in [9.17, 15) is 23.5 Å². The van der Waals surface area contributed by atoms with Gasteiger partial charge in [0.1, 0.15) is 11.6 Å². The van der Waals surface area contributed by atoms with Crippen LogP contribution >= 0.6 is 23.2 Å². The lowest BCUT2D eigenvalue weighted by atomic mass is 10.1. The summed E-state index contributed by atoms with van der Waals surface area (Å²) >= 11 is 11.7. The molecule has 2 aromatic rings. The summed E-state index contributed by atoms with van der Waals surface area (Å²) in [6.07, 6.45) is -1.09. The Kier molecular flexibility index (Phi) is 7.53. The van der Waals surface area contributed by atoms with Gasteiger partial charge in [-0.2, -0.15) is 0 Å². The Balaban J connectivity index is 1.76. The maximum atomic E-state index is 13.5. The summed E-state index contributed by atoms with van der Waals surface area (Å²) < 4.78 is 26.3. The minimum Gasteiger partial charge on any atom is -0.387 e. The molecule has 0 saturated carbocycles. The quantitative estimate of drug-likeness (QED) is 0.648. The van der Waals surface area contributed by atoms with Crippen LogP contribution in [0.4, 0.5) is 8.78 Å². The Labute approximate surface area is 164 Å². The van der Waals surface area contributed by atoms with Crippen LogP contribution in [0.3, 0.4) is 0 Å². The summed E-state index contributed by atoms with van der Waals surface area (Å²) in [6.45, 7) is -0.128. The molecule has 1 atom stereocenters. The van der Waals surface area contributed by atoms with Crippen molar-refractivity contribution in [1.29, 1.82) is 0 Å². The summed E-state index contributed by atoms with van der Waals surface area (Å²) in [5.41, 5.74) is 0.137. The molecule has 0 heterocycles. The normalized spacial score (nSPS) is 11.7. The van der Waals surface area contributed by atoms with Crippen LogP contribution in [0.15, 0.2) is 36.4 Å². The number of nitrogens with one attached hydrogen (secondary N) is 2. The third-order valence-corrected chi connectivity index (χ3v) is 4.01. The molecule has 0 aliphatic carbocycles. The van der Waals surface area contributed by atoms with Gasteiger partial charge in [-0.25, -0.2) is 8.78 Å². The molecular weight excluding hydrogens is 401 g/mol. The summed E-state index contributed by atoms with van der Waals surface area (Å²) in [5.74, 6) is -2.96. The lowest BCUT2D eigenvalue weighted by Crippen LogP contribution is -2.33. The maximum Gasteiger partial charge on any atom is 0.254 e. The third kappa shape index (κ3) is 6.46. The van der Waals surface area contributed by atoms with Crippen LogP contribution in [0, 0.1) is 11.6 Å². The molecule has 0 aliphatic rings. The van der Waals surface area contributed by atoms with Gasteiger partial charge in [-0.1, -0.05) is 23.2 Å². The molecule has 2 amide bonds. The predicted molar refractivity (Wildman–Crippen MR) is 97.7 cm³/mol. The van der Waals surface area contributed by atoms with Crippen molar-refractivity contribution in [2.24, 2.45) is 0 Å². The van der Waals surface area contributed by atoms with Crippen molar-refractivity contribution in [3.8, 4) is 0 Å². The third-order valence-electron chi connectivity index (χ3n) is 3.58. The van der Waals surface area contributed by atoms with Gasteiger partial charge in [0.15, 0.2) is 0 Å². The predicted octanol–water partition coefficient (Wildman–Crippen LogP) is 3.24. The van der Waals surface area contributed by atoms with Crippen molar-refractivity contribution in [2.45, 2.75) is 12.5 Å². The minimum absolute atomic E-state index is 0.0550. The van der Waals surface area contributed by atoms with Crippen LogP contribution in [0.1, 0.15) is 28.4 Å². The molecule has 9 heteroatoms. The van der Waals surface area contributed by atoms with E-state index in [0.717, 1.165) is 12.1 Å². The van der Waals surface area contributed by atoms with Gasteiger partial charge in [0, 0.05) is 35.6 Å². The zero-order valence-corrected chi connectivity index (χ0v) is 15.5. The van der Waals surface area contributed by atoms with E-state index in [-0.39, 0.29) is 25.1 Å². The zero-order valence-electron chi connectivity index (χ0n) is 13.9. The standard InChI is InChI=1S/C18H16Cl2F2N2O3/c19-11-5-10(6-12(20)7-11)16(25)9-24-17(26)3-4-23-18(27)14-2-1-13(21)8-15(14)22/h1-2,5-8,16,25H,3-4,9H2,(H,23,27)(H,24,26). The molecular formula is C18H16Cl2F2N2O3. The van der Waals surface area contributed by atoms with Gasteiger partial charge in [-0.15, -0.1) is 0 Å². The van der Waals surface area contributed by atoms with E-state index in [1.54, 1.807) is 0 Å². The molecule has 1 unspecified atom stereocenters. The number of hydrogen-bond acceptors (Lipinski definition) is 3. The van der Waals surface area contributed by atoms with E-state index in [2.05, 4.69) is 10.6 Å². The topological polar surface area (TPSA) is 78.4 Å². The Morgan fingerprint density at radius 1 is 1.04 bits per heavy atom. The van der Waals surface area contributed by atoms with Crippen molar-refractivity contribution >= 4 is 35.0 Å². The number of rotatable bonds is 7. The number of amides is 2. The van der Waals surface area contributed by atoms with Gasteiger partial charge in [0.2, 0.25) is 5.91 Å². The first-order valence-electron chi connectivity index (χ1n) is 7.90. The number of aliphatic hydroxyl groups is 1. The van der Waals surface area contributed by atoms with Crippen LogP contribution in [-0.2, 0) is 4.79 Å². The Morgan fingerprint density at radius 2 is 1.70 bits per heavy atom. The lowest BCUT2D eigenvalue weighted by Gasteiger charge is -2.13. The van der Waals surface area contributed by atoms with E-state index >= 15 is 0 Å². The highest BCUT2D eigenvalue weighted by molar-refractivity contribution is 6.34. The number of hydrogen-bond donors (Lipinski definition) is 3. The van der Waals surface area contributed by atoms with Crippen molar-refractivity contribution < 1.29 is 23.5 Å². The van der Waals surface area contributed by atoms with Crippen LogP contribution < -0.4 is 10.6 Å². The lowest BCUT2D eigenvalue weighted by molar-refractivity contribution is -0.121. The summed E-state index contributed by atoms with van der Waals surface area (Å²) in [7, 11) is 0. The summed E-state index contributed by atoms with van der Waals surface area (Å²) in [6, 6.07) is 7.17. The van der Waals surface area contributed by atoms with E-state index < -0.39 is 29.6 Å². The molecule has 0 fully saturated rings. The molecule has 27 heavy (non-hydrogen) atoms. The molecule has 3 N–H and O–H groups in total. The second-order valence-electron chi connectivity index (χ2n) is 5.65. The summed E-state index contributed by atoms with van der Waals surface area (Å²) in [4.78, 5) is 23.6. The van der Waals surface area contributed by atoms with Crippen molar-refractivity contribution in [1.82, 2.24) is 10.6 Å². The molecule has 0 spiro atoms. The van der Waals surface area contributed by atoms with Gasteiger partial charge >= 0.3 is 0 Å². The largest absolute Gasteiger partial charge is 0.387 e. The van der Waals surface area contributed by atoms with Gasteiger partial charge in [0.25, 0.3) is 5.91 Å². The molecule has 2 aromatic carbocycles. The SMILES string of the molecule is O=C(CCNC(=O)c1ccc(F)cc1F)NCC(O)c1cc(Cl)cc(Cl)c1. The highest BCUT2D eigenvalue weighted by Crippen LogP contribution is 2.23. The average Bonchev–Trinajstić information content (AvgIpc) is 2.58. The average molecular weight is 417 g/mol. The Hall–Kier alpha value is -2.22. The molecule has 5 nitrogen and oxygen atoms in total. The van der Waals surface area contributed by atoms with E-state index in [1.807, 2.05) is 0 Å². The number of halogens is 4. The first-order chi connectivity index (χ1) is 12.8. The molecule has 0 aromatic heterocycles. The van der Waals surface area contributed by atoms with Crippen molar-refractivity contribution in [3.63, 3.8) is 0 Å². The summed E-state index contributed by atoms with van der Waals surface area (Å²) in [5, 5.41) is 15.6. The molecule has 0 radical (unpaired) electrons. The minimum atomic E-state index is -1.01. The van der Waals surface area contributed by atoms with Crippen LogP contribution in [-0.4, -0.2) is 30.0 Å². The fraction of sp³-hybridized carbons (Fsp3) is 0.222. The fourth-order valence-electron chi connectivity index (χ4n) is 2.24. The monoisotopic (exact) mass is 416 g/mol. The number of benzene rings is 2. The van der Waals surface area contributed by atoms with Gasteiger partial charge in [-0.3, -0.25) is 9.59 Å². The second kappa shape index (κ2) is 9.64. The zero-order chi connectivity index (χ0) is 20.0. The maximum absolute atomic E-state index is 13.5. The fourth-order valence-corrected chi connectivity index (χ4v) is 2.79. The number of carbonyl (C=O) groups is 2. The molecule has 144 valence electrons. The van der Waals surface area contributed by atoms with Crippen molar-refractivity contribution in [2.75, 3.05) is 13.1 Å². The molecule has 0 aliphatic heterocycles. The van der Waals surface area contributed by atoms with Crippen LogP contribution in [0.2, 0.25) is 10.0 Å². The Bertz CT molecular complexity index is 829. The van der Waals surface area contributed by atoms with E-state index in [1.165, 1.54) is 18.2 Å². The van der Waals surface area contributed by atoms with E-state index in [0.29, 0.717) is 21.7 Å². The van der Waals surface area contributed by atoms with E-state index in [4.69, 9.17) is 23.2 Å².